The van der Waals surface area contributed by atoms with Gasteiger partial charge in [-0.2, -0.15) is 0 Å². The van der Waals surface area contributed by atoms with Crippen LogP contribution in [0.4, 0.5) is 4.39 Å². The van der Waals surface area contributed by atoms with Crippen molar-refractivity contribution in [3.63, 3.8) is 0 Å². The summed E-state index contributed by atoms with van der Waals surface area (Å²) in [6, 6.07) is 10.5. The van der Waals surface area contributed by atoms with E-state index in [-0.39, 0.29) is 11.9 Å². The Morgan fingerprint density at radius 1 is 1.27 bits per heavy atom. The minimum absolute atomic E-state index is 0.00255. The first kappa shape index (κ1) is 13.4. The topological polar surface area (TPSA) is 39.9 Å². The van der Waals surface area contributed by atoms with Gasteiger partial charge in [-0.05, 0) is 42.7 Å². The van der Waals surface area contributed by atoms with Gasteiger partial charge in [-0.25, -0.2) is 14.4 Å². The molecule has 0 N–H and O–H groups in total. The summed E-state index contributed by atoms with van der Waals surface area (Å²) in [7, 11) is 0. The lowest BCUT2D eigenvalue weighted by Crippen LogP contribution is -2.10. The summed E-state index contributed by atoms with van der Waals surface area (Å²) in [6.45, 7) is 1.31. The zero-order chi connectivity index (χ0) is 14.9. The largest absolute Gasteiger partial charge is 0.370 e. The van der Waals surface area contributed by atoms with Gasteiger partial charge in [0.1, 0.15) is 23.3 Å². The molecule has 0 amide bonds. The third kappa shape index (κ3) is 2.37. The lowest BCUT2D eigenvalue weighted by atomic mass is 10.2. The van der Waals surface area contributed by atoms with Crippen LogP contribution < -0.4 is 0 Å². The Morgan fingerprint density at radius 3 is 3.05 bits per heavy atom. The molecule has 1 fully saturated rings. The molecule has 0 spiro atoms. The number of nitrogens with zero attached hydrogens (tertiary/aromatic N) is 3. The van der Waals surface area contributed by atoms with Crippen LogP contribution in [0.3, 0.4) is 0 Å². The van der Waals surface area contributed by atoms with Crippen molar-refractivity contribution in [1.82, 2.24) is 14.5 Å². The van der Waals surface area contributed by atoms with Crippen LogP contribution in [0.15, 0.2) is 42.6 Å². The fourth-order valence-electron chi connectivity index (χ4n) is 2.98. The van der Waals surface area contributed by atoms with Crippen LogP contribution in [0.1, 0.15) is 30.3 Å². The molecule has 3 heterocycles. The number of ether oxygens (including phenoxy) is 1. The molecule has 112 valence electrons. The Hall–Kier alpha value is -2.27. The molecule has 1 aromatic carbocycles. The molecule has 1 aliphatic heterocycles. The highest BCUT2D eigenvalue weighted by molar-refractivity contribution is 5.71. The van der Waals surface area contributed by atoms with E-state index in [1.165, 1.54) is 6.07 Å². The van der Waals surface area contributed by atoms with Gasteiger partial charge in [0.15, 0.2) is 5.65 Å². The fraction of sp³-hybridized carbons (Fsp3) is 0.294. The third-order valence-corrected chi connectivity index (χ3v) is 3.98. The summed E-state index contributed by atoms with van der Waals surface area (Å²) in [5.41, 5.74) is 2.56. The third-order valence-electron chi connectivity index (χ3n) is 3.98. The quantitative estimate of drug-likeness (QED) is 0.743. The van der Waals surface area contributed by atoms with Gasteiger partial charge >= 0.3 is 0 Å². The van der Waals surface area contributed by atoms with Gasteiger partial charge in [-0.1, -0.05) is 12.1 Å². The first-order chi connectivity index (χ1) is 10.8. The van der Waals surface area contributed by atoms with Crippen LogP contribution in [0.5, 0.6) is 0 Å². The lowest BCUT2D eigenvalue weighted by Gasteiger charge is -2.13. The van der Waals surface area contributed by atoms with Crippen molar-refractivity contribution in [2.75, 3.05) is 6.61 Å². The van der Waals surface area contributed by atoms with E-state index in [1.54, 1.807) is 18.3 Å². The Bertz CT molecular complexity index is 809. The van der Waals surface area contributed by atoms with Crippen LogP contribution in [0.2, 0.25) is 0 Å². The fourth-order valence-corrected chi connectivity index (χ4v) is 2.98. The second-order valence-corrected chi connectivity index (χ2v) is 5.53. The van der Waals surface area contributed by atoms with E-state index in [9.17, 15) is 4.39 Å². The molecule has 0 aliphatic carbocycles. The SMILES string of the molecule is Fc1cccc(Cn2c(C3CCCO3)nc3cccnc32)c1. The molecule has 1 saturated heterocycles. The predicted octanol–water partition coefficient (Wildman–Crippen LogP) is 3.47. The second kappa shape index (κ2) is 5.50. The Labute approximate surface area is 127 Å². The van der Waals surface area contributed by atoms with Crippen LogP contribution in [0.25, 0.3) is 11.2 Å². The second-order valence-electron chi connectivity index (χ2n) is 5.53. The maximum Gasteiger partial charge on any atom is 0.160 e. The minimum Gasteiger partial charge on any atom is -0.370 e. The molecule has 0 radical (unpaired) electrons. The van der Waals surface area contributed by atoms with Gasteiger partial charge in [0.05, 0.1) is 6.54 Å². The van der Waals surface area contributed by atoms with Crippen LogP contribution in [0, 0.1) is 5.82 Å². The molecule has 22 heavy (non-hydrogen) atoms. The highest BCUT2D eigenvalue weighted by atomic mass is 19.1. The van der Waals surface area contributed by atoms with Crippen molar-refractivity contribution in [3.8, 4) is 0 Å². The number of rotatable bonds is 3. The number of fused-ring (bicyclic) bond motifs is 1. The lowest BCUT2D eigenvalue weighted by molar-refractivity contribution is 0.103. The average molecular weight is 297 g/mol. The molecule has 1 unspecified atom stereocenters. The summed E-state index contributed by atoms with van der Waals surface area (Å²) in [6.07, 6.45) is 3.77. The summed E-state index contributed by atoms with van der Waals surface area (Å²) in [4.78, 5) is 9.14. The van der Waals surface area contributed by atoms with E-state index in [4.69, 9.17) is 9.72 Å². The van der Waals surface area contributed by atoms with Gasteiger partial charge in [-0.3, -0.25) is 0 Å². The van der Waals surface area contributed by atoms with Crippen LogP contribution in [-0.2, 0) is 11.3 Å². The van der Waals surface area contributed by atoms with Crippen molar-refractivity contribution in [2.24, 2.45) is 0 Å². The van der Waals surface area contributed by atoms with E-state index in [1.807, 2.05) is 22.8 Å². The molecule has 1 atom stereocenters. The molecular weight excluding hydrogens is 281 g/mol. The van der Waals surface area contributed by atoms with Crippen molar-refractivity contribution >= 4 is 11.2 Å². The number of pyridine rings is 1. The maximum absolute atomic E-state index is 13.4. The summed E-state index contributed by atoms with van der Waals surface area (Å²) >= 11 is 0. The summed E-state index contributed by atoms with van der Waals surface area (Å²) in [5, 5.41) is 0. The minimum atomic E-state index is -0.228. The number of halogens is 1. The van der Waals surface area contributed by atoms with Gasteiger partial charge in [0.25, 0.3) is 0 Å². The Balaban J connectivity index is 1.81. The Kier molecular flexibility index (Phi) is 3.35. The number of imidazole rings is 1. The van der Waals surface area contributed by atoms with Gasteiger partial charge < -0.3 is 9.30 Å². The van der Waals surface area contributed by atoms with Gasteiger partial charge in [0.2, 0.25) is 0 Å². The zero-order valence-electron chi connectivity index (χ0n) is 12.1. The molecule has 4 rings (SSSR count). The molecule has 4 nitrogen and oxygen atoms in total. The monoisotopic (exact) mass is 297 g/mol. The smallest absolute Gasteiger partial charge is 0.160 e. The molecule has 0 saturated carbocycles. The molecule has 2 aromatic heterocycles. The van der Waals surface area contributed by atoms with Crippen molar-refractivity contribution in [1.29, 1.82) is 0 Å². The molecule has 1 aliphatic rings. The highest BCUT2D eigenvalue weighted by Gasteiger charge is 2.25. The predicted molar refractivity (Wildman–Crippen MR) is 81.0 cm³/mol. The van der Waals surface area contributed by atoms with E-state index >= 15 is 0 Å². The van der Waals surface area contributed by atoms with Crippen molar-refractivity contribution in [3.05, 3.63) is 59.8 Å². The van der Waals surface area contributed by atoms with E-state index < -0.39 is 0 Å². The number of aromatic nitrogens is 3. The molecular formula is C17H16FN3O. The van der Waals surface area contributed by atoms with Gasteiger partial charge in [-0.15, -0.1) is 0 Å². The normalized spacial score (nSPS) is 18.1. The number of benzene rings is 1. The Morgan fingerprint density at radius 2 is 2.23 bits per heavy atom. The van der Waals surface area contributed by atoms with Crippen LogP contribution >= 0.6 is 0 Å². The summed E-state index contributed by atoms with van der Waals surface area (Å²) < 4.78 is 21.3. The van der Waals surface area contributed by atoms with Crippen LogP contribution in [-0.4, -0.2) is 21.1 Å². The maximum atomic E-state index is 13.4. The van der Waals surface area contributed by atoms with Crippen molar-refractivity contribution in [2.45, 2.75) is 25.5 Å². The highest BCUT2D eigenvalue weighted by Crippen LogP contribution is 2.30. The first-order valence-corrected chi connectivity index (χ1v) is 7.48. The number of hydrogen-bond acceptors (Lipinski definition) is 3. The average Bonchev–Trinajstić information content (AvgIpc) is 3.15. The summed E-state index contributed by atoms with van der Waals surface area (Å²) in [5.74, 6) is 0.656. The zero-order valence-corrected chi connectivity index (χ0v) is 12.1. The van der Waals surface area contributed by atoms with E-state index in [2.05, 4.69) is 4.98 Å². The first-order valence-electron chi connectivity index (χ1n) is 7.48. The molecule has 5 heteroatoms. The van der Waals surface area contributed by atoms with Crippen molar-refractivity contribution < 1.29 is 9.13 Å². The van der Waals surface area contributed by atoms with E-state index in [0.29, 0.717) is 6.54 Å². The van der Waals surface area contributed by atoms with Gasteiger partial charge in [0, 0.05) is 12.8 Å². The molecule has 3 aromatic rings. The molecule has 0 bridgehead atoms. The van der Waals surface area contributed by atoms with E-state index in [0.717, 1.165) is 42.0 Å². The number of hydrogen-bond donors (Lipinski definition) is 0. The standard InChI is InChI=1S/C17H16FN3O/c18-13-5-1-4-12(10-13)11-21-16-14(6-2-8-19-16)20-17(21)15-7-3-9-22-15/h1-2,4-6,8,10,15H,3,7,9,11H2.